The Morgan fingerprint density at radius 1 is 1.13 bits per heavy atom. The molecule has 0 spiro atoms. The van der Waals surface area contributed by atoms with E-state index in [1.54, 1.807) is 0 Å². The van der Waals surface area contributed by atoms with Crippen LogP contribution in [0.25, 0.3) is 10.4 Å². The summed E-state index contributed by atoms with van der Waals surface area (Å²) in [7, 11) is 2.54. The smallest absolute Gasteiger partial charge is 0.434 e. The van der Waals surface area contributed by atoms with E-state index in [-0.39, 0.29) is 32.9 Å². The van der Waals surface area contributed by atoms with Gasteiger partial charge in [0, 0.05) is 0 Å². The van der Waals surface area contributed by atoms with Crippen LogP contribution in [0.1, 0.15) is 21.6 Å². The number of nitrogens with one attached hydrogen (secondary N) is 1. The number of halogens is 3. The predicted octanol–water partition coefficient (Wildman–Crippen LogP) is 3.76. The molecule has 3 rings (SSSR count). The lowest BCUT2D eigenvalue weighted by Crippen LogP contribution is -2.16. The second-order valence-corrected chi connectivity index (χ2v) is 6.60. The van der Waals surface area contributed by atoms with Gasteiger partial charge < -0.3 is 9.47 Å². The van der Waals surface area contributed by atoms with Crippen molar-refractivity contribution in [3.63, 3.8) is 0 Å². The number of aromatic nitrogens is 3. The number of nitriles is 1. The molecular formula is C18H12F3N5O3S. The molecule has 0 atom stereocenters. The number of alkyl halides is 3. The summed E-state index contributed by atoms with van der Waals surface area (Å²) in [5, 5.41) is 10.9. The third kappa shape index (κ3) is 4.15. The monoisotopic (exact) mass is 435 g/mol. The Kier molecular flexibility index (Phi) is 5.84. The highest BCUT2D eigenvalue weighted by Gasteiger charge is 2.38. The second kappa shape index (κ2) is 8.34. The fraction of sp³-hybridized carbons (Fsp3) is 0.167. The third-order valence-electron chi connectivity index (χ3n) is 3.78. The number of rotatable bonds is 5. The number of nitrogens with zero attached hydrogens (tertiary/aromatic N) is 4. The molecule has 8 nitrogen and oxygen atoms in total. The first-order chi connectivity index (χ1) is 14.3. The highest BCUT2D eigenvalue weighted by atomic mass is 32.1. The van der Waals surface area contributed by atoms with Gasteiger partial charge in [-0.2, -0.15) is 18.4 Å². The van der Waals surface area contributed by atoms with Gasteiger partial charge in [0.2, 0.25) is 11.8 Å². The van der Waals surface area contributed by atoms with Crippen LogP contribution in [0.5, 0.6) is 11.8 Å². The van der Waals surface area contributed by atoms with Crippen molar-refractivity contribution in [1.29, 1.82) is 5.26 Å². The van der Waals surface area contributed by atoms with Crippen LogP contribution in [-0.2, 0) is 6.18 Å². The van der Waals surface area contributed by atoms with Crippen LogP contribution in [0.15, 0.2) is 30.6 Å². The van der Waals surface area contributed by atoms with Crippen molar-refractivity contribution in [1.82, 2.24) is 15.0 Å². The summed E-state index contributed by atoms with van der Waals surface area (Å²) in [6.07, 6.45) is -3.64. The Bertz CT molecular complexity index is 1100. The quantitative estimate of drug-likeness (QED) is 0.650. The summed E-state index contributed by atoms with van der Waals surface area (Å²) >= 11 is 0.634. The van der Waals surface area contributed by atoms with Crippen molar-refractivity contribution < 1.29 is 27.4 Å². The number of thiazole rings is 1. The molecule has 0 bridgehead atoms. The average Bonchev–Trinajstić information content (AvgIpc) is 3.17. The molecule has 0 saturated heterocycles. The molecule has 3 aromatic rings. The van der Waals surface area contributed by atoms with Gasteiger partial charge in [-0.3, -0.25) is 10.1 Å². The molecule has 0 radical (unpaired) electrons. The number of benzene rings is 1. The number of methoxy groups -OCH3 is 2. The van der Waals surface area contributed by atoms with E-state index in [9.17, 15) is 18.0 Å². The van der Waals surface area contributed by atoms with E-state index in [1.807, 2.05) is 6.07 Å². The first-order valence-electron chi connectivity index (χ1n) is 8.11. The van der Waals surface area contributed by atoms with E-state index in [0.717, 1.165) is 6.33 Å². The zero-order valence-electron chi connectivity index (χ0n) is 15.4. The van der Waals surface area contributed by atoms with Gasteiger partial charge in [0.15, 0.2) is 16.4 Å². The Hall–Kier alpha value is -3.72. The number of hydrogen-bond donors (Lipinski definition) is 1. The molecule has 1 N–H and O–H groups in total. The molecule has 12 heteroatoms. The topological polar surface area (TPSA) is 110 Å². The minimum Gasteiger partial charge on any atom is -0.480 e. The normalized spacial score (nSPS) is 10.9. The van der Waals surface area contributed by atoms with Gasteiger partial charge >= 0.3 is 6.18 Å². The fourth-order valence-corrected chi connectivity index (χ4v) is 3.46. The molecule has 2 heterocycles. The van der Waals surface area contributed by atoms with Gasteiger partial charge in [-0.05, 0) is 17.7 Å². The number of anilines is 1. The lowest BCUT2D eigenvalue weighted by atomic mass is 10.1. The van der Waals surface area contributed by atoms with Crippen molar-refractivity contribution in [3.05, 3.63) is 47.4 Å². The fourth-order valence-electron chi connectivity index (χ4n) is 2.48. The molecule has 2 aromatic heterocycles. The van der Waals surface area contributed by atoms with Gasteiger partial charge in [0.25, 0.3) is 5.91 Å². The number of hydrogen-bond acceptors (Lipinski definition) is 8. The van der Waals surface area contributed by atoms with Crippen LogP contribution in [-0.4, -0.2) is 35.1 Å². The molecule has 0 fully saturated rings. The molecular weight excluding hydrogens is 423 g/mol. The number of carbonyl (C=O) groups is 1. The molecule has 0 unspecified atom stereocenters. The Balaban J connectivity index is 2.01. The minimum absolute atomic E-state index is 0.112. The van der Waals surface area contributed by atoms with Crippen LogP contribution >= 0.6 is 11.3 Å². The lowest BCUT2D eigenvalue weighted by Gasteiger charge is -2.09. The van der Waals surface area contributed by atoms with Gasteiger partial charge in [-0.25, -0.2) is 15.0 Å². The van der Waals surface area contributed by atoms with Crippen molar-refractivity contribution >= 4 is 22.4 Å². The first kappa shape index (κ1) is 21.0. The van der Waals surface area contributed by atoms with E-state index in [1.165, 1.54) is 38.5 Å². The summed E-state index contributed by atoms with van der Waals surface area (Å²) in [6.45, 7) is 0. The van der Waals surface area contributed by atoms with Crippen molar-refractivity contribution in [2.24, 2.45) is 0 Å². The molecule has 1 amide bonds. The standard InChI is InChI=1S/C18H12F3N5O3S/c1-28-15-11(16(29-2)24-8-23-15)14(27)26-17-25-13(18(19,20)21)12(30-17)10-5-3-9(7-22)4-6-10/h3-6,8H,1-2H3,(H,25,26,27). The highest BCUT2D eigenvalue weighted by Crippen LogP contribution is 2.42. The van der Waals surface area contributed by atoms with Crippen LogP contribution in [0.4, 0.5) is 18.3 Å². The summed E-state index contributed by atoms with van der Waals surface area (Å²) in [5.74, 6) is -1.07. The molecule has 0 saturated carbocycles. The molecule has 30 heavy (non-hydrogen) atoms. The first-order valence-corrected chi connectivity index (χ1v) is 8.93. The van der Waals surface area contributed by atoms with Crippen LogP contribution in [0.3, 0.4) is 0 Å². The van der Waals surface area contributed by atoms with Crippen LogP contribution in [0.2, 0.25) is 0 Å². The molecule has 0 aliphatic heterocycles. The number of carbonyl (C=O) groups excluding carboxylic acids is 1. The van der Waals surface area contributed by atoms with Crippen molar-refractivity contribution in [3.8, 4) is 28.3 Å². The molecule has 0 aliphatic carbocycles. The zero-order valence-corrected chi connectivity index (χ0v) is 16.3. The maximum atomic E-state index is 13.5. The number of ether oxygens (including phenoxy) is 2. The van der Waals surface area contributed by atoms with E-state index in [0.29, 0.717) is 16.9 Å². The second-order valence-electron chi connectivity index (χ2n) is 5.61. The molecule has 1 aromatic carbocycles. The third-order valence-corrected chi connectivity index (χ3v) is 4.80. The summed E-state index contributed by atoms with van der Waals surface area (Å²) < 4.78 is 50.5. The SMILES string of the molecule is COc1ncnc(OC)c1C(=O)Nc1nc(C(F)(F)F)c(-c2ccc(C#N)cc2)s1. The zero-order chi connectivity index (χ0) is 21.9. The van der Waals surface area contributed by atoms with Gasteiger partial charge in [-0.15, -0.1) is 0 Å². The Morgan fingerprint density at radius 3 is 2.23 bits per heavy atom. The maximum absolute atomic E-state index is 13.5. The van der Waals surface area contributed by atoms with E-state index < -0.39 is 17.8 Å². The number of amides is 1. The summed E-state index contributed by atoms with van der Waals surface area (Å²) in [4.78, 5) is 23.6. The van der Waals surface area contributed by atoms with E-state index in [2.05, 4.69) is 20.3 Å². The van der Waals surface area contributed by atoms with Gasteiger partial charge in [0.05, 0.1) is 30.7 Å². The summed E-state index contributed by atoms with van der Waals surface area (Å²) in [6, 6.07) is 7.44. The van der Waals surface area contributed by atoms with Crippen LogP contribution < -0.4 is 14.8 Å². The largest absolute Gasteiger partial charge is 0.480 e. The molecule has 154 valence electrons. The van der Waals surface area contributed by atoms with Gasteiger partial charge in [0.1, 0.15) is 6.33 Å². The van der Waals surface area contributed by atoms with Crippen molar-refractivity contribution in [2.75, 3.05) is 19.5 Å². The summed E-state index contributed by atoms with van der Waals surface area (Å²) in [5.41, 5.74) is -0.840. The van der Waals surface area contributed by atoms with Crippen LogP contribution in [0, 0.1) is 11.3 Å². The van der Waals surface area contributed by atoms with E-state index >= 15 is 0 Å². The minimum atomic E-state index is -4.76. The molecule has 0 aliphatic rings. The Labute approximate surface area is 171 Å². The predicted molar refractivity (Wildman–Crippen MR) is 100 cm³/mol. The van der Waals surface area contributed by atoms with Crippen molar-refractivity contribution in [2.45, 2.75) is 6.18 Å². The Morgan fingerprint density at radius 2 is 1.73 bits per heavy atom. The van der Waals surface area contributed by atoms with E-state index in [4.69, 9.17) is 14.7 Å². The maximum Gasteiger partial charge on any atom is 0.434 e. The average molecular weight is 435 g/mol. The lowest BCUT2D eigenvalue weighted by molar-refractivity contribution is -0.140. The van der Waals surface area contributed by atoms with Gasteiger partial charge in [-0.1, -0.05) is 23.5 Å². The highest BCUT2D eigenvalue weighted by molar-refractivity contribution is 7.19.